The number of ether oxygens (including phenoxy) is 1. The Morgan fingerprint density at radius 3 is 3.11 bits per heavy atom. The second-order valence-corrected chi connectivity index (χ2v) is 5.13. The standard InChI is InChI=1S/C13H20N4O2/c1-2-17-5-6-18-11(8-17)12-15-13(19-16-12)9-3-4-10(14)7-9/h3-4,9-11H,2,5-8,14H2,1H3. The smallest absolute Gasteiger partial charge is 0.233 e. The van der Waals surface area contributed by atoms with Crippen molar-refractivity contribution < 1.29 is 9.26 Å². The van der Waals surface area contributed by atoms with Crippen LogP contribution in [0.15, 0.2) is 16.7 Å². The van der Waals surface area contributed by atoms with Gasteiger partial charge < -0.3 is 15.0 Å². The lowest BCUT2D eigenvalue weighted by Gasteiger charge is -2.30. The normalized spacial score (nSPS) is 32.0. The minimum Gasteiger partial charge on any atom is -0.367 e. The fraction of sp³-hybridized carbons (Fsp3) is 0.692. The molecule has 0 saturated carbocycles. The SMILES string of the molecule is CCN1CCOC(c2noc(C3C=CC(N)C3)n2)C1. The Hall–Kier alpha value is -1.24. The first-order chi connectivity index (χ1) is 9.26. The summed E-state index contributed by atoms with van der Waals surface area (Å²) in [5.74, 6) is 1.46. The molecule has 6 nitrogen and oxygen atoms in total. The minimum absolute atomic E-state index is 0.0785. The van der Waals surface area contributed by atoms with Gasteiger partial charge in [-0.05, 0) is 13.0 Å². The molecule has 0 radical (unpaired) electrons. The Morgan fingerprint density at radius 1 is 1.47 bits per heavy atom. The number of likely N-dealkylation sites (N-methyl/N-ethyl adjacent to an activating group) is 1. The van der Waals surface area contributed by atoms with Crippen molar-refractivity contribution in [2.75, 3.05) is 26.2 Å². The van der Waals surface area contributed by atoms with Crippen molar-refractivity contribution in [1.29, 1.82) is 0 Å². The number of hydrogen-bond donors (Lipinski definition) is 1. The second kappa shape index (κ2) is 5.40. The molecular weight excluding hydrogens is 244 g/mol. The molecule has 2 aliphatic rings. The lowest BCUT2D eigenvalue weighted by molar-refractivity contribution is -0.0334. The first kappa shape index (κ1) is 12.8. The molecular formula is C13H20N4O2. The van der Waals surface area contributed by atoms with E-state index in [4.69, 9.17) is 15.0 Å². The Labute approximate surface area is 112 Å². The predicted octanol–water partition coefficient (Wildman–Crippen LogP) is 0.834. The van der Waals surface area contributed by atoms with Gasteiger partial charge in [0.05, 0.1) is 12.5 Å². The number of nitrogens with zero attached hydrogens (tertiary/aromatic N) is 3. The third kappa shape index (κ3) is 2.70. The maximum absolute atomic E-state index is 5.84. The summed E-state index contributed by atoms with van der Waals surface area (Å²) in [5.41, 5.74) is 5.84. The average molecular weight is 264 g/mol. The molecule has 0 amide bonds. The fourth-order valence-electron chi connectivity index (χ4n) is 2.58. The molecule has 1 aliphatic carbocycles. The predicted molar refractivity (Wildman–Crippen MR) is 69.6 cm³/mol. The number of aromatic nitrogens is 2. The number of hydrogen-bond acceptors (Lipinski definition) is 6. The second-order valence-electron chi connectivity index (χ2n) is 5.13. The van der Waals surface area contributed by atoms with Gasteiger partial charge in [0.1, 0.15) is 6.10 Å². The molecule has 19 heavy (non-hydrogen) atoms. The van der Waals surface area contributed by atoms with Crippen LogP contribution >= 0.6 is 0 Å². The molecule has 2 heterocycles. The minimum atomic E-state index is -0.0785. The Kier molecular flexibility index (Phi) is 3.63. The summed E-state index contributed by atoms with van der Waals surface area (Å²) in [6, 6.07) is 0.0989. The van der Waals surface area contributed by atoms with E-state index in [0.717, 1.165) is 32.7 Å². The monoisotopic (exact) mass is 264 g/mol. The third-order valence-electron chi connectivity index (χ3n) is 3.78. The molecule has 0 aromatic carbocycles. The molecule has 1 aromatic heterocycles. The van der Waals surface area contributed by atoms with Crippen molar-refractivity contribution in [3.8, 4) is 0 Å². The summed E-state index contributed by atoms with van der Waals surface area (Å²) in [6.07, 6.45) is 4.80. The number of morpholine rings is 1. The summed E-state index contributed by atoms with van der Waals surface area (Å²) in [7, 11) is 0. The summed E-state index contributed by atoms with van der Waals surface area (Å²) < 4.78 is 11.1. The molecule has 1 fully saturated rings. The summed E-state index contributed by atoms with van der Waals surface area (Å²) in [4.78, 5) is 6.81. The first-order valence-corrected chi connectivity index (χ1v) is 6.87. The molecule has 3 unspecified atom stereocenters. The van der Waals surface area contributed by atoms with E-state index in [2.05, 4.69) is 22.0 Å². The van der Waals surface area contributed by atoms with Crippen LogP contribution in [0, 0.1) is 0 Å². The zero-order valence-electron chi connectivity index (χ0n) is 11.2. The molecule has 0 bridgehead atoms. The number of allylic oxidation sites excluding steroid dienone is 1. The average Bonchev–Trinajstić information content (AvgIpc) is 3.07. The zero-order chi connectivity index (χ0) is 13.2. The van der Waals surface area contributed by atoms with Crippen LogP contribution in [0.4, 0.5) is 0 Å². The quantitative estimate of drug-likeness (QED) is 0.815. The summed E-state index contributed by atoms with van der Waals surface area (Å²) >= 11 is 0. The Bertz CT molecular complexity index is 459. The summed E-state index contributed by atoms with van der Waals surface area (Å²) in [6.45, 7) is 5.68. The van der Waals surface area contributed by atoms with E-state index in [1.807, 2.05) is 12.2 Å². The van der Waals surface area contributed by atoms with Gasteiger partial charge in [-0.1, -0.05) is 24.2 Å². The van der Waals surface area contributed by atoms with E-state index in [9.17, 15) is 0 Å². The third-order valence-corrected chi connectivity index (χ3v) is 3.78. The van der Waals surface area contributed by atoms with Gasteiger partial charge >= 0.3 is 0 Å². The van der Waals surface area contributed by atoms with Crippen LogP contribution in [0.3, 0.4) is 0 Å². The van der Waals surface area contributed by atoms with Gasteiger partial charge in [-0.3, -0.25) is 4.90 Å². The van der Waals surface area contributed by atoms with Crippen LogP contribution in [0.2, 0.25) is 0 Å². The van der Waals surface area contributed by atoms with Crippen LogP contribution < -0.4 is 5.73 Å². The van der Waals surface area contributed by atoms with Crippen molar-refractivity contribution in [2.45, 2.75) is 31.4 Å². The van der Waals surface area contributed by atoms with E-state index in [-0.39, 0.29) is 18.1 Å². The van der Waals surface area contributed by atoms with Crippen molar-refractivity contribution in [1.82, 2.24) is 15.0 Å². The Morgan fingerprint density at radius 2 is 2.37 bits per heavy atom. The van der Waals surface area contributed by atoms with Crippen LogP contribution in [-0.4, -0.2) is 47.3 Å². The topological polar surface area (TPSA) is 77.4 Å². The molecule has 104 valence electrons. The van der Waals surface area contributed by atoms with Crippen molar-refractivity contribution in [3.63, 3.8) is 0 Å². The van der Waals surface area contributed by atoms with E-state index < -0.39 is 0 Å². The largest absolute Gasteiger partial charge is 0.367 e. The van der Waals surface area contributed by atoms with E-state index >= 15 is 0 Å². The molecule has 0 spiro atoms. The molecule has 3 rings (SSSR count). The highest BCUT2D eigenvalue weighted by Crippen LogP contribution is 2.28. The molecule has 2 N–H and O–H groups in total. The lowest BCUT2D eigenvalue weighted by Crippen LogP contribution is -2.38. The van der Waals surface area contributed by atoms with Crippen LogP contribution in [-0.2, 0) is 4.74 Å². The molecule has 1 saturated heterocycles. The van der Waals surface area contributed by atoms with E-state index in [1.165, 1.54) is 0 Å². The molecule has 6 heteroatoms. The highest BCUT2D eigenvalue weighted by molar-refractivity contribution is 5.15. The fourth-order valence-corrected chi connectivity index (χ4v) is 2.58. The van der Waals surface area contributed by atoms with Gasteiger partial charge in [0.25, 0.3) is 0 Å². The zero-order valence-corrected chi connectivity index (χ0v) is 11.2. The van der Waals surface area contributed by atoms with E-state index in [0.29, 0.717) is 11.7 Å². The van der Waals surface area contributed by atoms with Crippen LogP contribution in [0.25, 0.3) is 0 Å². The summed E-state index contributed by atoms with van der Waals surface area (Å²) in [5, 5.41) is 4.07. The van der Waals surface area contributed by atoms with Gasteiger partial charge in [0.2, 0.25) is 11.7 Å². The van der Waals surface area contributed by atoms with Crippen LogP contribution in [0.1, 0.15) is 37.1 Å². The highest BCUT2D eigenvalue weighted by Gasteiger charge is 2.28. The first-order valence-electron chi connectivity index (χ1n) is 6.87. The maximum atomic E-state index is 5.84. The van der Waals surface area contributed by atoms with Gasteiger partial charge in [0.15, 0.2) is 0 Å². The maximum Gasteiger partial charge on any atom is 0.233 e. The van der Waals surface area contributed by atoms with Crippen molar-refractivity contribution in [3.05, 3.63) is 23.9 Å². The van der Waals surface area contributed by atoms with Crippen LogP contribution in [0.5, 0.6) is 0 Å². The molecule has 1 aromatic rings. The number of nitrogens with two attached hydrogens (primary N) is 1. The molecule has 1 aliphatic heterocycles. The van der Waals surface area contributed by atoms with Crippen molar-refractivity contribution >= 4 is 0 Å². The van der Waals surface area contributed by atoms with E-state index in [1.54, 1.807) is 0 Å². The van der Waals surface area contributed by atoms with Gasteiger partial charge in [-0.15, -0.1) is 0 Å². The van der Waals surface area contributed by atoms with Crippen molar-refractivity contribution in [2.24, 2.45) is 5.73 Å². The Balaban J connectivity index is 1.69. The molecule has 3 atom stereocenters. The van der Waals surface area contributed by atoms with Gasteiger partial charge in [-0.25, -0.2) is 0 Å². The van der Waals surface area contributed by atoms with Gasteiger partial charge in [0, 0.05) is 19.1 Å². The highest BCUT2D eigenvalue weighted by atomic mass is 16.5. The number of rotatable bonds is 3. The van der Waals surface area contributed by atoms with Gasteiger partial charge in [-0.2, -0.15) is 4.98 Å². The lowest BCUT2D eigenvalue weighted by atomic mass is 10.1.